The van der Waals surface area contributed by atoms with Gasteiger partial charge in [-0.2, -0.15) is 0 Å². The van der Waals surface area contributed by atoms with E-state index >= 15 is 0 Å². The summed E-state index contributed by atoms with van der Waals surface area (Å²) >= 11 is 0. The number of nitrogens with two attached hydrogens (primary N) is 1. The second-order valence-electron chi connectivity index (χ2n) is 5.84. The largest absolute Gasteiger partial charge is 0.369 e. The highest BCUT2D eigenvalue weighted by Gasteiger charge is 2.25. The lowest BCUT2D eigenvalue weighted by molar-refractivity contribution is -0.117. The average molecular weight is 340 g/mol. The lowest BCUT2D eigenvalue weighted by Crippen LogP contribution is -2.34. The maximum atomic E-state index is 12.0. The van der Waals surface area contributed by atoms with E-state index in [2.05, 4.69) is 5.32 Å². The minimum Gasteiger partial charge on any atom is -0.369 e. The molecule has 23 heavy (non-hydrogen) atoms. The van der Waals surface area contributed by atoms with E-state index in [4.69, 9.17) is 5.73 Å². The van der Waals surface area contributed by atoms with Gasteiger partial charge in [-0.05, 0) is 45.2 Å². The third-order valence-electron chi connectivity index (χ3n) is 3.71. The molecule has 0 spiro atoms. The minimum atomic E-state index is -3.60. The second-order valence-corrected chi connectivity index (χ2v) is 8.28. The Kier molecular flexibility index (Phi) is 6.32. The molecule has 0 radical (unpaired) electrons. The van der Waals surface area contributed by atoms with Gasteiger partial charge in [-0.3, -0.25) is 9.59 Å². The summed E-state index contributed by atoms with van der Waals surface area (Å²) in [5, 5.41) is 1.59. The second kappa shape index (κ2) is 7.59. The van der Waals surface area contributed by atoms with Crippen LogP contribution in [0.25, 0.3) is 0 Å². The molecule has 7 heteroatoms. The van der Waals surface area contributed by atoms with Gasteiger partial charge in [0.05, 0.1) is 5.75 Å². The number of primary amides is 1. The summed E-state index contributed by atoms with van der Waals surface area (Å²) in [6.07, 6.45) is 0.215. The monoisotopic (exact) mass is 340 g/mol. The molecule has 2 amide bonds. The van der Waals surface area contributed by atoms with Crippen molar-refractivity contribution in [3.8, 4) is 0 Å². The van der Waals surface area contributed by atoms with E-state index in [1.54, 1.807) is 0 Å². The van der Waals surface area contributed by atoms with Gasteiger partial charge < -0.3 is 11.1 Å². The number of hydrogen-bond acceptors (Lipinski definition) is 4. The fraction of sp³-hybridized carbons (Fsp3) is 0.500. The van der Waals surface area contributed by atoms with Crippen LogP contribution in [0.5, 0.6) is 0 Å². The predicted octanol–water partition coefficient (Wildman–Crippen LogP) is 1.62. The zero-order chi connectivity index (χ0) is 17.8. The van der Waals surface area contributed by atoms with Gasteiger partial charge >= 0.3 is 0 Å². The molecule has 6 nitrogen and oxygen atoms in total. The normalized spacial score (nSPS) is 12.7. The first-order chi connectivity index (χ1) is 10.5. The number of benzene rings is 1. The quantitative estimate of drug-likeness (QED) is 0.786. The lowest BCUT2D eigenvalue weighted by atomic mass is 10.0. The van der Waals surface area contributed by atoms with E-state index in [9.17, 15) is 18.0 Å². The molecule has 0 saturated carbocycles. The van der Waals surface area contributed by atoms with Gasteiger partial charge in [0, 0.05) is 12.1 Å². The summed E-state index contributed by atoms with van der Waals surface area (Å²) in [7, 11) is -3.60. The van der Waals surface area contributed by atoms with E-state index in [1.165, 1.54) is 6.92 Å². The van der Waals surface area contributed by atoms with Crippen molar-refractivity contribution in [3.63, 3.8) is 0 Å². The van der Waals surface area contributed by atoms with Gasteiger partial charge in [0.25, 0.3) is 0 Å². The van der Waals surface area contributed by atoms with Crippen LogP contribution < -0.4 is 11.1 Å². The first kappa shape index (κ1) is 19.2. The van der Waals surface area contributed by atoms with Crippen LogP contribution in [0.15, 0.2) is 12.1 Å². The number of anilines is 1. The van der Waals surface area contributed by atoms with Crippen LogP contribution >= 0.6 is 0 Å². The Bertz CT molecular complexity index is 688. The van der Waals surface area contributed by atoms with Crippen LogP contribution in [0.3, 0.4) is 0 Å². The van der Waals surface area contributed by atoms with Crippen LogP contribution in [-0.2, 0) is 19.4 Å². The molecule has 0 aliphatic rings. The third-order valence-corrected chi connectivity index (χ3v) is 5.88. The van der Waals surface area contributed by atoms with Crippen LogP contribution in [0, 0.1) is 20.8 Å². The van der Waals surface area contributed by atoms with E-state index in [0.29, 0.717) is 0 Å². The number of carbonyl (C=O) groups is 2. The van der Waals surface area contributed by atoms with Crippen molar-refractivity contribution >= 4 is 27.3 Å². The fourth-order valence-electron chi connectivity index (χ4n) is 2.37. The maximum Gasteiger partial charge on any atom is 0.235 e. The number of sulfone groups is 1. The SMILES string of the molecule is Cc1cc(C)c(NC(=O)CCCS(=O)(=O)C(C)C(N)=O)c(C)c1. The number of rotatable bonds is 7. The number of amides is 2. The summed E-state index contributed by atoms with van der Waals surface area (Å²) in [5.41, 5.74) is 8.80. The first-order valence-electron chi connectivity index (χ1n) is 7.43. The van der Waals surface area contributed by atoms with Crippen molar-refractivity contribution < 1.29 is 18.0 Å². The van der Waals surface area contributed by atoms with Crippen LogP contribution in [0.1, 0.15) is 36.5 Å². The van der Waals surface area contributed by atoms with Gasteiger partial charge in [-0.1, -0.05) is 17.7 Å². The molecule has 0 fully saturated rings. The molecule has 0 bridgehead atoms. The molecule has 0 aliphatic heterocycles. The van der Waals surface area contributed by atoms with E-state index < -0.39 is 21.0 Å². The molecular weight excluding hydrogens is 316 g/mol. The lowest BCUT2D eigenvalue weighted by Gasteiger charge is -2.13. The van der Waals surface area contributed by atoms with Crippen molar-refractivity contribution in [3.05, 3.63) is 28.8 Å². The van der Waals surface area contributed by atoms with Crippen LogP contribution in [0.4, 0.5) is 5.69 Å². The molecule has 0 saturated heterocycles. The third kappa shape index (κ3) is 5.35. The summed E-state index contributed by atoms with van der Waals surface area (Å²) in [6.45, 7) is 7.07. The van der Waals surface area contributed by atoms with Gasteiger partial charge in [-0.25, -0.2) is 8.42 Å². The van der Waals surface area contributed by atoms with Crippen molar-refractivity contribution in [1.29, 1.82) is 0 Å². The summed E-state index contributed by atoms with van der Waals surface area (Å²) in [6, 6.07) is 3.95. The minimum absolute atomic E-state index is 0.0669. The molecule has 1 atom stereocenters. The molecule has 0 aromatic heterocycles. The standard InChI is InChI=1S/C16H24N2O4S/c1-10-8-11(2)15(12(3)9-10)18-14(19)6-5-7-23(21,22)13(4)16(17)20/h8-9,13H,5-7H2,1-4H3,(H2,17,20)(H,18,19). The van der Waals surface area contributed by atoms with Crippen LogP contribution in [-0.4, -0.2) is 31.2 Å². The Balaban J connectivity index is 2.61. The maximum absolute atomic E-state index is 12.0. The molecule has 1 unspecified atom stereocenters. The predicted molar refractivity (Wildman–Crippen MR) is 91.0 cm³/mol. The molecule has 1 aromatic rings. The molecule has 0 aliphatic carbocycles. The molecule has 1 aromatic carbocycles. The molecule has 1 rings (SSSR count). The topological polar surface area (TPSA) is 106 Å². The molecular formula is C16H24N2O4S. The number of nitrogens with one attached hydrogen (secondary N) is 1. The summed E-state index contributed by atoms with van der Waals surface area (Å²) in [4.78, 5) is 22.9. The Hall–Kier alpha value is -1.89. The first-order valence-corrected chi connectivity index (χ1v) is 9.14. The number of hydrogen-bond donors (Lipinski definition) is 2. The zero-order valence-corrected chi connectivity index (χ0v) is 14.8. The molecule has 0 heterocycles. The van der Waals surface area contributed by atoms with Crippen LogP contribution in [0.2, 0.25) is 0 Å². The highest BCUT2D eigenvalue weighted by atomic mass is 32.2. The van der Waals surface area contributed by atoms with Crippen molar-refractivity contribution in [2.75, 3.05) is 11.1 Å². The molecule has 3 N–H and O–H groups in total. The smallest absolute Gasteiger partial charge is 0.235 e. The number of carbonyl (C=O) groups excluding carboxylic acids is 2. The van der Waals surface area contributed by atoms with Crippen molar-refractivity contribution in [1.82, 2.24) is 0 Å². The Labute approximate surface area is 137 Å². The van der Waals surface area contributed by atoms with Gasteiger partial charge in [0.15, 0.2) is 9.84 Å². The number of aryl methyl sites for hydroxylation is 3. The van der Waals surface area contributed by atoms with Gasteiger partial charge in [0.2, 0.25) is 11.8 Å². The highest BCUT2D eigenvalue weighted by Crippen LogP contribution is 2.22. The zero-order valence-electron chi connectivity index (χ0n) is 14.0. The van der Waals surface area contributed by atoms with Crippen molar-refractivity contribution in [2.24, 2.45) is 5.73 Å². The average Bonchev–Trinajstić information content (AvgIpc) is 2.41. The van der Waals surface area contributed by atoms with Gasteiger partial charge in [-0.15, -0.1) is 0 Å². The van der Waals surface area contributed by atoms with Gasteiger partial charge in [0.1, 0.15) is 5.25 Å². The van der Waals surface area contributed by atoms with E-state index in [1.807, 2.05) is 32.9 Å². The Morgan fingerprint density at radius 2 is 1.70 bits per heavy atom. The summed E-state index contributed by atoms with van der Waals surface area (Å²) < 4.78 is 23.6. The summed E-state index contributed by atoms with van der Waals surface area (Å²) in [5.74, 6) is -1.36. The Morgan fingerprint density at radius 3 is 2.17 bits per heavy atom. The van der Waals surface area contributed by atoms with Crippen molar-refractivity contribution in [2.45, 2.75) is 45.8 Å². The van der Waals surface area contributed by atoms with E-state index in [-0.39, 0.29) is 24.5 Å². The molecule has 128 valence electrons. The fourth-order valence-corrected chi connectivity index (χ4v) is 3.62. The highest BCUT2D eigenvalue weighted by molar-refractivity contribution is 7.92. The van der Waals surface area contributed by atoms with E-state index in [0.717, 1.165) is 22.4 Å². The Morgan fingerprint density at radius 1 is 1.17 bits per heavy atom.